The molecule has 1 heterocycles. The Morgan fingerprint density at radius 1 is 1.25 bits per heavy atom. The highest BCUT2D eigenvalue weighted by molar-refractivity contribution is 5.58. The van der Waals surface area contributed by atoms with E-state index in [1.807, 2.05) is 0 Å². The van der Waals surface area contributed by atoms with E-state index in [4.69, 9.17) is 4.74 Å². The van der Waals surface area contributed by atoms with E-state index in [0.29, 0.717) is 6.10 Å². The molecule has 2 nitrogen and oxygen atoms in total. The summed E-state index contributed by atoms with van der Waals surface area (Å²) in [6.45, 7) is 6.62. The van der Waals surface area contributed by atoms with Crippen molar-refractivity contribution in [2.24, 2.45) is 0 Å². The maximum atomic E-state index is 5.97. The predicted octanol–water partition coefficient (Wildman–Crippen LogP) is 3.46. The van der Waals surface area contributed by atoms with Crippen molar-refractivity contribution < 1.29 is 4.74 Å². The van der Waals surface area contributed by atoms with Crippen molar-refractivity contribution in [2.45, 2.75) is 39.2 Å². The first-order valence-electron chi connectivity index (χ1n) is 6.32. The molecule has 0 radical (unpaired) electrons. The topological polar surface area (TPSA) is 12.5 Å². The van der Waals surface area contributed by atoms with E-state index in [0.717, 1.165) is 12.2 Å². The quantitative estimate of drug-likeness (QED) is 0.769. The van der Waals surface area contributed by atoms with Gasteiger partial charge in [-0.05, 0) is 38.3 Å². The molecule has 88 valence electrons. The first-order valence-corrected chi connectivity index (χ1v) is 6.32. The molecule has 0 saturated carbocycles. The van der Waals surface area contributed by atoms with E-state index in [2.05, 4.69) is 43.0 Å². The minimum atomic E-state index is 0.295. The summed E-state index contributed by atoms with van der Waals surface area (Å²) < 4.78 is 5.97. The van der Waals surface area contributed by atoms with Crippen LogP contribution in [0.4, 0.5) is 5.69 Å². The van der Waals surface area contributed by atoms with Gasteiger partial charge in [-0.25, -0.2) is 0 Å². The van der Waals surface area contributed by atoms with Crippen LogP contribution in [0.1, 0.15) is 33.1 Å². The number of hydrogen-bond acceptors (Lipinski definition) is 2. The Balaban J connectivity index is 2.16. The largest absolute Gasteiger partial charge is 0.489 e. The first kappa shape index (κ1) is 11.3. The number of ether oxygens (including phenoxy) is 1. The van der Waals surface area contributed by atoms with Crippen molar-refractivity contribution in [2.75, 3.05) is 18.0 Å². The lowest BCUT2D eigenvalue weighted by atomic mass is 10.2. The summed E-state index contributed by atoms with van der Waals surface area (Å²) in [7, 11) is 0. The third-order valence-electron chi connectivity index (χ3n) is 3.22. The van der Waals surface area contributed by atoms with Crippen LogP contribution in [0.3, 0.4) is 0 Å². The average Bonchev–Trinajstić information content (AvgIpc) is 2.83. The van der Waals surface area contributed by atoms with Crippen LogP contribution >= 0.6 is 0 Å². The van der Waals surface area contributed by atoms with Crippen molar-refractivity contribution in [3.63, 3.8) is 0 Å². The van der Waals surface area contributed by atoms with Gasteiger partial charge in [0.05, 0.1) is 11.8 Å². The lowest BCUT2D eigenvalue weighted by Crippen LogP contribution is -2.20. The second-order valence-electron chi connectivity index (χ2n) is 4.50. The Labute approximate surface area is 98.2 Å². The smallest absolute Gasteiger partial charge is 0.142 e. The van der Waals surface area contributed by atoms with E-state index in [-0.39, 0.29) is 0 Å². The van der Waals surface area contributed by atoms with Crippen LogP contribution in [0, 0.1) is 0 Å². The van der Waals surface area contributed by atoms with Gasteiger partial charge in [-0.3, -0.25) is 0 Å². The number of nitrogens with zero attached hydrogens (tertiary/aromatic N) is 1. The van der Waals surface area contributed by atoms with E-state index >= 15 is 0 Å². The minimum Gasteiger partial charge on any atom is -0.489 e. The van der Waals surface area contributed by atoms with Crippen LogP contribution in [0.2, 0.25) is 0 Å². The Bertz CT molecular complexity index is 331. The molecule has 0 spiro atoms. The van der Waals surface area contributed by atoms with E-state index < -0.39 is 0 Å². The zero-order chi connectivity index (χ0) is 11.4. The maximum Gasteiger partial charge on any atom is 0.142 e. The van der Waals surface area contributed by atoms with Crippen molar-refractivity contribution in [1.82, 2.24) is 0 Å². The maximum absolute atomic E-state index is 5.97. The van der Waals surface area contributed by atoms with E-state index in [1.165, 1.54) is 31.6 Å². The summed E-state index contributed by atoms with van der Waals surface area (Å²) in [6.07, 6.45) is 3.95. The molecule has 0 bridgehead atoms. The van der Waals surface area contributed by atoms with Crippen LogP contribution < -0.4 is 9.64 Å². The summed E-state index contributed by atoms with van der Waals surface area (Å²) >= 11 is 0. The molecule has 2 heteroatoms. The van der Waals surface area contributed by atoms with Gasteiger partial charge in [0.25, 0.3) is 0 Å². The van der Waals surface area contributed by atoms with Crippen molar-refractivity contribution in [1.29, 1.82) is 0 Å². The predicted molar refractivity (Wildman–Crippen MR) is 68.3 cm³/mol. The minimum absolute atomic E-state index is 0.295. The molecule has 1 aliphatic rings. The Morgan fingerprint density at radius 2 is 1.94 bits per heavy atom. The van der Waals surface area contributed by atoms with Gasteiger partial charge in [0.1, 0.15) is 5.75 Å². The molecule has 1 fully saturated rings. The van der Waals surface area contributed by atoms with Gasteiger partial charge in [0, 0.05) is 13.1 Å². The molecule has 0 N–H and O–H groups in total. The fraction of sp³-hybridized carbons (Fsp3) is 0.571. The highest BCUT2D eigenvalue weighted by Gasteiger charge is 2.16. The lowest BCUT2D eigenvalue weighted by molar-refractivity contribution is 0.218. The molecule has 0 aromatic heterocycles. The number of rotatable bonds is 4. The SMILES string of the molecule is CCC(C)Oc1ccccc1N1CCCC1. The fourth-order valence-electron chi connectivity index (χ4n) is 2.08. The summed E-state index contributed by atoms with van der Waals surface area (Å²) in [5, 5.41) is 0. The average molecular weight is 219 g/mol. The standard InChI is InChI=1S/C14H21NO/c1-3-12(2)16-14-9-5-4-8-13(14)15-10-6-7-11-15/h4-5,8-9,12H,3,6-7,10-11H2,1-2H3. The van der Waals surface area contributed by atoms with Crippen molar-refractivity contribution >= 4 is 5.69 Å². The van der Waals surface area contributed by atoms with Crippen molar-refractivity contribution in [3.05, 3.63) is 24.3 Å². The Hall–Kier alpha value is -1.18. The van der Waals surface area contributed by atoms with E-state index in [9.17, 15) is 0 Å². The van der Waals surface area contributed by atoms with Crippen LogP contribution in [0.15, 0.2) is 24.3 Å². The van der Waals surface area contributed by atoms with Gasteiger partial charge in [-0.1, -0.05) is 19.1 Å². The molecular weight excluding hydrogens is 198 g/mol. The van der Waals surface area contributed by atoms with Gasteiger partial charge in [0.15, 0.2) is 0 Å². The molecule has 1 unspecified atom stereocenters. The first-order chi connectivity index (χ1) is 7.81. The number of benzene rings is 1. The number of anilines is 1. The third kappa shape index (κ3) is 2.49. The normalized spacial score (nSPS) is 17.5. The lowest BCUT2D eigenvalue weighted by Gasteiger charge is -2.23. The van der Waals surface area contributed by atoms with Crippen LogP contribution in [-0.2, 0) is 0 Å². The molecule has 1 atom stereocenters. The van der Waals surface area contributed by atoms with Crippen molar-refractivity contribution in [3.8, 4) is 5.75 Å². The van der Waals surface area contributed by atoms with Gasteiger partial charge >= 0.3 is 0 Å². The van der Waals surface area contributed by atoms with Gasteiger partial charge in [0.2, 0.25) is 0 Å². The Morgan fingerprint density at radius 3 is 2.62 bits per heavy atom. The molecule has 1 aromatic carbocycles. The molecular formula is C14H21NO. The summed E-state index contributed by atoms with van der Waals surface area (Å²) in [6, 6.07) is 8.40. The van der Waals surface area contributed by atoms with Crippen LogP contribution in [0.25, 0.3) is 0 Å². The molecule has 1 aliphatic heterocycles. The monoisotopic (exact) mass is 219 g/mol. The van der Waals surface area contributed by atoms with Gasteiger partial charge in [-0.2, -0.15) is 0 Å². The second kappa shape index (κ2) is 5.24. The fourth-order valence-corrected chi connectivity index (χ4v) is 2.08. The molecule has 1 aromatic rings. The summed E-state index contributed by atoms with van der Waals surface area (Å²) in [4.78, 5) is 2.43. The summed E-state index contributed by atoms with van der Waals surface area (Å²) in [5.74, 6) is 1.04. The molecule has 1 saturated heterocycles. The zero-order valence-electron chi connectivity index (χ0n) is 10.3. The molecule has 16 heavy (non-hydrogen) atoms. The van der Waals surface area contributed by atoms with E-state index in [1.54, 1.807) is 0 Å². The molecule has 2 rings (SSSR count). The number of para-hydroxylation sites is 2. The Kier molecular flexibility index (Phi) is 3.70. The summed E-state index contributed by atoms with van der Waals surface area (Å²) in [5.41, 5.74) is 1.26. The molecule has 0 amide bonds. The van der Waals surface area contributed by atoms with Crippen LogP contribution in [0.5, 0.6) is 5.75 Å². The highest BCUT2D eigenvalue weighted by Crippen LogP contribution is 2.31. The second-order valence-corrected chi connectivity index (χ2v) is 4.50. The van der Waals surface area contributed by atoms with Crippen LogP contribution in [-0.4, -0.2) is 19.2 Å². The molecule has 0 aliphatic carbocycles. The highest BCUT2D eigenvalue weighted by atomic mass is 16.5. The zero-order valence-corrected chi connectivity index (χ0v) is 10.3. The van der Waals surface area contributed by atoms with Gasteiger partial charge < -0.3 is 9.64 Å². The number of hydrogen-bond donors (Lipinski definition) is 0. The third-order valence-corrected chi connectivity index (χ3v) is 3.22. The van der Waals surface area contributed by atoms with Gasteiger partial charge in [-0.15, -0.1) is 0 Å².